The van der Waals surface area contributed by atoms with Gasteiger partial charge in [-0.25, -0.2) is 0 Å². The molecular formula is C13H23NO3. The Morgan fingerprint density at radius 2 is 2.29 bits per heavy atom. The molecule has 0 unspecified atom stereocenters. The highest BCUT2D eigenvalue weighted by Crippen LogP contribution is 2.52. The molecule has 2 fully saturated rings. The van der Waals surface area contributed by atoms with Crippen molar-refractivity contribution in [2.45, 2.75) is 39.2 Å². The van der Waals surface area contributed by atoms with Crippen LogP contribution in [0.3, 0.4) is 0 Å². The third-order valence-corrected chi connectivity index (χ3v) is 4.62. The van der Waals surface area contributed by atoms with Crippen molar-refractivity contribution in [3.8, 4) is 0 Å². The predicted octanol–water partition coefficient (Wildman–Crippen LogP) is 1.60. The highest BCUT2D eigenvalue weighted by atomic mass is 16.5. The van der Waals surface area contributed by atoms with E-state index in [1.807, 2.05) is 6.92 Å². The predicted molar refractivity (Wildman–Crippen MR) is 64.9 cm³/mol. The Morgan fingerprint density at radius 1 is 1.59 bits per heavy atom. The Morgan fingerprint density at radius 3 is 2.76 bits per heavy atom. The summed E-state index contributed by atoms with van der Waals surface area (Å²) in [5.74, 6) is -0.186. The number of aliphatic carboxylic acids is 1. The molecule has 2 rings (SSSR count). The first-order valence-corrected chi connectivity index (χ1v) is 6.63. The average molecular weight is 241 g/mol. The van der Waals surface area contributed by atoms with Crippen LogP contribution in [0, 0.1) is 11.3 Å². The maximum Gasteiger partial charge on any atom is 0.320 e. The first-order valence-electron chi connectivity index (χ1n) is 6.63. The second-order valence-corrected chi connectivity index (χ2v) is 5.52. The Labute approximate surface area is 103 Å². The van der Waals surface area contributed by atoms with Crippen molar-refractivity contribution in [1.82, 2.24) is 4.90 Å². The molecule has 1 aliphatic carbocycles. The monoisotopic (exact) mass is 241 g/mol. The molecule has 4 nitrogen and oxygen atoms in total. The van der Waals surface area contributed by atoms with Crippen LogP contribution in [0.25, 0.3) is 0 Å². The van der Waals surface area contributed by atoms with Gasteiger partial charge in [0.2, 0.25) is 0 Å². The summed E-state index contributed by atoms with van der Waals surface area (Å²) in [4.78, 5) is 13.2. The van der Waals surface area contributed by atoms with Gasteiger partial charge in [-0.2, -0.15) is 0 Å². The van der Waals surface area contributed by atoms with Crippen molar-refractivity contribution in [3.05, 3.63) is 0 Å². The smallest absolute Gasteiger partial charge is 0.320 e. The fourth-order valence-electron chi connectivity index (χ4n) is 3.21. The highest BCUT2D eigenvalue weighted by molar-refractivity contribution is 5.72. The Hall–Kier alpha value is -0.610. The molecule has 4 heteroatoms. The Kier molecular flexibility index (Phi) is 3.73. The molecule has 0 amide bonds. The van der Waals surface area contributed by atoms with E-state index in [0.717, 1.165) is 26.3 Å². The maximum absolute atomic E-state index is 11.1. The normalized spacial score (nSPS) is 29.2. The third kappa shape index (κ3) is 2.33. The molecule has 1 spiro atoms. The molecule has 0 bridgehead atoms. The number of ether oxygens (including phenoxy) is 1. The molecular weight excluding hydrogens is 218 g/mol. The van der Waals surface area contributed by atoms with Gasteiger partial charge in [0.15, 0.2) is 0 Å². The van der Waals surface area contributed by atoms with E-state index in [1.165, 1.54) is 19.3 Å². The largest absolute Gasteiger partial charge is 0.480 e. The van der Waals surface area contributed by atoms with E-state index in [2.05, 4.69) is 4.90 Å². The van der Waals surface area contributed by atoms with Crippen molar-refractivity contribution in [2.24, 2.45) is 11.3 Å². The molecule has 0 radical (unpaired) electrons. The van der Waals surface area contributed by atoms with Gasteiger partial charge in [0.05, 0.1) is 6.61 Å². The van der Waals surface area contributed by atoms with Crippen LogP contribution in [0.2, 0.25) is 0 Å². The summed E-state index contributed by atoms with van der Waals surface area (Å²) in [7, 11) is 0. The zero-order valence-corrected chi connectivity index (χ0v) is 10.8. The summed E-state index contributed by atoms with van der Waals surface area (Å²) in [5.41, 5.74) is 0.360. The average Bonchev–Trinajstić information content (AvgIpc) is 2.64. The summed E-state index contributed by atoms with van der Waals surface area (Å²) >= 11 is 0. The van der Waals surface area contributed by atoms with Gasteiger partial charge in [0, 0.05) is 25.6 Å². The minimum Gasteiger partial charge on any atom is -0.480 e. The number of likely N-dealkylation sites (tertiary alicyclic amines) is 1. The number of hydrogen-bond acceptors (Lipinski definition) is 3. The van der Waals surface area contributed by atoms with Gasteiger partial charge in [0.25, 0.3) is 0 Å². The molecule has 1 saturated heterocycles. The molecule has 0 aromatic carbocycles. The number of nitrogens with zero attached hydrogens (tertiary/aromatic N) is 1. The topological polar surface area (TPSA) is 49.8 Å². The molecule has 1 N–H and O–H groups in total. The maximum atomic E-state index is 11.1. The Balaban J connectivity index is 1.99. The van der Waals surface area contributed by atoms with Crippen LogP contribution in [0.1, 0.15) is 33.1 Å². The van der Waals surface area contributed by atoms with Crippen LogP contribution >= 0.6 is 0 Å². The van der Waals surface area contributed by atoms with E-state index < -0.39 is 5.97 Å². The van der Waals surface area contributed by atoms with Gasteiger partial charge in [-0.15, -0.1) is 0 Å². The van der Waals surface area contributed by atoms with Gasteiger partial charge >= 0.3 is 5.97 Å². The molecule has 0 aromatic rings. The van der Waals surface area contributed by atoms with Crippen molar-refractivity contribution in [1.29, 1.82) is 0 Å². The lowest BCUT2D eigenvalue weighted by molar-refractivity contribution is -0.142. The van der Waals surface area contributed by atoms with E-state index >= 15 is 0 Å². The fourth-order valence-corrected chi connectivity index (χ4v) is 3.21. The van der Waals surface area contributed by atoms with Crippen molar-refractivity contribution >= 4 is 5.97 Å². The number of carboxylic acids is 1. The van der Waals surface area contributed by atoms with Crippen LogP contribution < -0.4 is 0 Å². The summed E-state index contributed by atoms with van der Waals surface area (Å²) in [6.07, 6.45) is 3.78. The molecule has 2 atom stereocenters. The zero-order valence-electron chi connectivity index (χ0n) is 10.8. The van der Waals surface area contributed by atoms with E-state index in [1.54, 1.807) is 6.92 Å². The second kappa shape index (κ2) is 4.94. The van der Waals surface area contributed by atoms with Crippen LogP contribution in [-0.2, 0) is 9.53 Å². The second-order valence-electron chi connectivity index (χ2n) is 5.52. The summed E-state index contributed by atoms with van der Waals surface area (Å²) in [6.45, 7) is 7.17. The van der Waals surface area contributed by atoms with Crippen LogP contribution in [-0.4, -0.2) is 48.3 Å². The van der Waals surface area contributed by atoms with E-state index in [4.69, 9.17) is 9.84 Å². The number of rotatable bonds is 5. The Bertz CT molecular complexity index is 288. The third-order valence-electron chi connectivity index (χ3n) is 4.62. The molecule has 1 heterocycles. The van der Waals surface area contributed by atoms with E-state index in [0.29, 0.717) is 11.3 Å². The first kappa shape index (κ1) is 12.8. The lowest BCUT2D eigenvalue weighted by atomic mass is 9.63. The number of hydrogen-bond donors (Lipinski definition) is 1. The van der Waals surface area contributed by atoms with Gasteiger partial charge in [0.1, 0.15) is 6.04 Å². The highest BCUT2D eigenvalue weighted by Gasteiger charge is 2.51. The zero-order chi connectivity index (χ0) is 12.5. The van der Waals surface area contributed by atoms with Crippen LogP contribution in [0.5, 0.6) is 0 Å². The van der Waals surface area contributed by atoms with Gasteiger partial charge in [-0.3, -0.25) is 9.69 Å². The van der Waals surface area contributed by atoms with Crippen LogP contribution in [0.4, 0.5) is 0 Å². The van der Waals surface area contributed by atoms with Gasteiger partial charge in [-0.05, 0) is 32.1 Å². The first-order chi connectivity index (χ1) is 8.09. The van der Waals surface area contributed by atoms with Crippen molar-refractivity contribution in [3.63, 3.8) is 0 Å². The summed E-state index contributed by atoms with van der Waals surface area (Å²) < 4.78 is 5.56. The molecule has 1 aliphatic heterocycles. The number of carboxylic acid groups (broad SMARTS) is 1. The number of carbonyl (C=O) groups is 1. The summed E-state index contributed by atoms with van der Waals surface area (Å²) in [6, 6.07) is -0.362. The lowest BCUT2D eigenvalue weighted by Gasteiger charge is -2.43. The van der Waals surface area contributed by atoms with Crippen molar-refractivity contribution in [2.75, 3.05) is 26.3 Å². The van der Waals surface area contributed by atoms with E-state index in [-0.39, 0.29) is 6.04 Å². The summed E-state index contributed by atoms with van der Waals surface area (Å²) in [5, 5.41) is 9.09. The van der Waals surface area contributed by atoms with Crippen LogP contribution in [0.15, 0.2) is 0 Å². The van der Waals surface area contributed by atoms with Gasteiger partial charge < -0.3 is 9.84 Å². The molecule has 1 saturated carbocycles. The molecule has 98 valence electrons. The molecule has 0 aromatic heterocycles. The molecule has 17 heavy (non-hydrogen) atoms. The van der Waals surface area contributed by atoms with Crippen molar-refractivity contribution < 1.29 is 14.6 Å². The SMILES string of the molecule is CCOC[C@H]1CN([C@H](C)C(=O)O)CC12CCC2. The lowest BCUT2D eigenvalue weighted by Crippen LogP contribution is -2.41. The standard InChI is InChI=1S/C13H23NO3/c1-3-17-8-11-7-14(10(2)12(15)16)9-13(11)5-4-6-13/h10-11H,3-9H2,1-2H3,(H,15,16)/t10-,11-/m1/s1. The minimum absolute atomic E-state index is 0.360. The fraction of sp³-hybridized carbons (Fsp3) is 0.923. The minimum atomic E-state index is -0.712. The van der Waals surface area contributed by atoms with Gasteiger partial charge in [-0.1, -0.05) is 6.42 Å². The quantitative estimate of drug-likeness (QED) is 0.794. The van der Waals surface area contributed by atoms with E-state index in [9.17, 15) is 4.79 Å². The molecule has 2 aliphatic rings.